The number of carbonyl (C=O) groups is 1. The molecule has 4 rings (SSSR count). The first kappa shape index (κ1) is 17.9. The molecule has 27 heavy (non-hydrogen) atoms. The molecule has 0 radical (unpaired) electrons. The highest BCUT2D eigenvalue weighted by Gasteiger charge is 2.23. The van der Waals surface area contributed by atoms with Crippen LogP contribution in [-0.2, 0) is 11.2 Å². The van der Waals surface area contributed by atoms with Crippen LogP contribution in [0.1, 0.15) is 5.69 Å². The van der Waals surface area contributed by atoms with Crippen molar-refractivity contribution in [3.63, 3.8) is 0 Å². The lowest BCUT2D eigenvalue weighted by atomic mass is 10.2. The fourth-order valence-corrected chi connectivity index (χ4v) is 4.03. The van der Waals surface area contributed by atoms with E-state index in [1.807, 2.05) is 34.5 Å². The van der Waals surface area contributed by atoms with Gasteiger partial charge < -0.3 is 9.80 Å². The predicted molar refractivity (Wildman–Crippen MR) is 107 cm³/mol. The van der Waals surface area contributed by atoms with E-state index in [1.54, 1.807) is 18.5 Å². The Balaban J connectivity index is 1.35. The summed E-state index contributed by atoms with van der Waals surface area (Å²) >= 11 is 7.58. The predicted octanol–water partition coefficient (Wildman–Crippen LogP) is 3.14. The standard InChI is InChI=1S/C19H18ClN5OS/c20-15-4-1-3-14(11-15)18-23-16(13-27-18)12-17(26)24-7-9-25(10-8-24)19-21-5-2-6-22-19/h1-6,11,13H,7-10,12H2. The van der Waals surface area contributed by atoms with Crippen molar-refractivity contribution < 1.29 is 4.79 Å². The Kier molecular flexibility index (Phi) is 5.31. The third-order valence-electron chi connectivity index (χ3n) is 4.42. The number of rotatable bonds is 4. The van der Waals surface area contributed by atoms with Crippen molar-refractivity contribution >= 4 is 34.8 Å². The molecule has 1 fully saturated rings. The Morgan fingerprint density at radius 3 is 2.63 bits per heavy atom. The molecule has 1 amide bonds. The van der Waals surface area contributed by atoms with Crippen LogP contribution in [-0.4, -0.2) is 51.9 Å². The number of carbonyl (C=O) groups excluding carboxylic acids is 1. The molecule has 138 valence electrons. The summed E-state index contributed by atoms with van der Waals surface area (Å²) in [7, 11) is 0. The molecule has 1 aliphatic rings. The van der Waals surface area contributed by atoms with Crippen molar-refractivity contribution in [3.05, 3.63) is 58.8 Å². The molecule has 3 heterocycles. The Labute approximate surface area is 166 Å². The van der Waals surface area contributed by atoms with Crippen LogP contribution in [0.3, 0.4) is 0 Å². The fraction of sp³-hybridized carbons (Fsp3) is 0.263. The Morgan fingerprint density at radius 1 is 1.11 bits per heavy atom. The molecule has 6 nitrogen and oxygen atoms in total. The van der Waals surface area contributed by atoms with Crippen molar-refractivity contribution in [1.82, 2.24) is 19.9 Å². The lowest BCUT2D eigenvalue weighted by molar-refractivity contribution is -0.130. The smallest absolute Gasteiger partial charge is 0.228 e. The van der Waals surface area contributed by atoms with Crippen LogP contribution in [0, 0.1) is 0 Å². The molecule has 1 aliphatic heterocycles. The van der Waals surface area contributed by atoms with E-state index in [0.717, 1.165) is 35.3 Å². The van der Waals surface area contributed by atoms with Crippen molar-refractivity contribution in [2.45, 2.75) is 6.42 Å². The number of halogens is 1. The highest BCUT2D eigenvalue weighted by Crippen LogP contribution is 2.26. The average Bonchev–Trinajstić information content (AvgIpc) is 3.17. The van der Waals surface area contributed by atoms with Crippen molar-refractivity contribution in [2.24, 2.45) is 0 Å². The van der Waals surface area contributed by atoms with Crippen LogP contribution < -0.4 is 4.90 Å². The Bertz CT molecular complexity index is 925. The minimum absolute atomic E-state index is 0.103. The third kappa shape index (κ3) is 4.26. The zero-order valence-corrected chi connectivity index (χ0v) is 16.2. The van der Waals surface area contributed by atoms with Crippen LogP contribution in [0.2, 0.25) is 5.02 Å². The topological polar surface area (TPSA) is 62.2 Å². The van der Waals surface area contributed by atoms with Gasteiger partial charge in [0.05, 0.1) is 12.1 Å². The van der Waals surface area contributed by atoms with Crippen molar-refractivity contribution in [2.75, 3.05) is 31.1 Å². The Hall–Kier alpha value is -2.51. The van der Waals surface area contributed by atoms with E-state index in [2.05, 4.69) is 19.9 Å². The summed E-state index contributed by atoms with van der Waals surface area (Å²) in [6.07, 6.45) is 3.79. The minimum Gasteiger partial charge on any atom is -0.339 e. The van der Waals surface area contributed by atoms with Crippen LogP contribution in [0.4, 0.5) is 5.95 Å². The first-order valence-corrected chi connectivity index (χ1v) is 9.95. The second-order valence-electron chi connectivity index (χ2n) is 6.25. The summed E-state index contributed by atoms with van der Waals surface area (Å²) in [4.78, 5) is 29.8. The van der Waals surface area contributed by atoms with Gasteiger partial charge in [0.2, 0.25) is 11.9 Å². The van der Waals surface area contributed by atoms with Gasteiger partial charge in [0.15, 0.2) is 0 Å². The van der Waals surface area contributed by atoms with E-state index in [-0.39, 0.29) is 5.91 Å². The number of aromatic nitrogens is 3. The van der Waals surface area contributed by atoms with Gasteiger partial charge in [-0.2, -0.15) is 0 Å². The molecule has 0 bridgehead atoms. The highest BCUT2D eigenvalue weighted by atomic mass is 35.5. The lowest BCUT2D eigenvalue weighted by Gasteiger charge is -2.34. The molecular formula is C19H18ClN5OS. The summed E-state index contributed by atoms with van der Waals surface area (Å²) < 4.78 is 0. The maximum Gasteiger partial charge on any atom is 0.228 e. The molecule has 2 aromatic heterocycles. The van der Waals surface area contributed by atoms with E-state index in [9.17, 15) is 4.79 Å². The number of hydrogen-bond acceptors (Lipinski definition) is 6. The lowest BCUT2D eigenvalue weighted by Crippen LogP contribution is -2.49. The van der Waals surface area contributed by atoms with Gasteiger partial charge in [0, 0.05) is 54.5 Å². The van der Waals surface area contributed by atoms with Crippen LogP contribution >= 0.6 is 22.9 Å². The average molecular weight is 400 g/mol. The van der Waals surface area contributed by atoms with Gasteiger partial charge in [0.25, 0.3) is 0 Å². The quantitative estimate of drug-likeness (QED) is 0.674. The summed E-state index contributed by atoms with van der Waals surface area (Å²) in [6.45, 7) is 2.81. The molecule has 3 aromatic rings. The third-order valence-corrected chi connectivity index (χ3v) is 5.60. The summed E-state index contributed by atoms with van der Waals surface area (Å²) in [5, 5.41) is 3.51. The van der Waals surface area contributed by atoms with Gasteiger partial charge in [0.1, 0.15) is 5.01 Å². The van der Waals surface area contributed by atoms with E-state index in [1.165, 1.54) is 11.3 Å². The second-order valence-corrected chi connectivity index (χ2v) is 7.54. The number of hydrogen-bond donors (Lipinski definition) is 0. The SMILES string of the molecule is O=C(Cc1csc(-c2cccc(Cl)c2)n1)N1CCN(c2ncccn2)CC1. The Morgan fingerprint density at radius 2 is 1.89 bits per heavy atom. The van der Waals surface area contributed by atoms with Crippen LogP contribution in [0.5, 0.6) is 0 Å². The molecule has 0 atom stereocenters. The zero-order chi connectivity index (χ0) is 18.6. The zero-order valence-electron chi connectivity index (χ0n) is 14.6. The van der Waals surface area contributed by atoms with Gasteiger partial charge >= 0.3 is 0 Å². The van der Waals surface area contributed by atoms with E-state index >= 15 is 0 Å². The summed E-state index contributed by atoms with van der Waals surface area (Å²) in [6, 6.07) is 9.40. The largest absolute Gasteiger partial charge is 0.339 e. The molecule has 8 heteroatoms. The number of anilines is 1. The number of nitrogens with zero attached hydrogens (tertiary/aromatic N) is 5. The molecule has 0 N–H and O–H groups in total. The molecular weight excluding hydrogens is 382 g/mol. The van der Waals surface area contributed by atoms with Gasteiger partial charge in [-0.05, 0) is 18.2 Å². The number of piperazine rings is 1. The molecule has 0 aliphatic carbocycles. The van der Waals surface area contributed by atoms with Crippen molar-refractivity contribution in [1.29, 1.82) is 0 Å². The highest BCUT2D eigenvalue weighted by molar-refractivity contribution is 7.13. The van der Waals surface area contributed by atoms with Gasteiger partial charge in [-0.15, -0.1) is 11.3 Å². The van der Waals surface area contributed by atoms with E-state index < -0.39 is 0 Å². The molecule has 0 spiro atoms. The van der Waals surface area contributed by atoms with Gasteiger partial charge in [-0.1, -0.05) is 23.7 Å². The van der Waals surface area contributed by atoms with Crippen LogP contribution in [0.25, 0.3) is 10.6 Å². The maximum absolute atomic E-state index is 12.6. The maximum atomic E-state index is 12.6. The fourth-order valence-electron chi connectivity index (χ4n) is 3.02. The summed E-state index contributed by atoms with van der Waals surface area (Å²) in [5.41, 5.74) is 1.77. The second kappa shape index (κ2) is 8.02. The van der Waals surface area contributed by atoms with Crippen LogP contribution in [0.15, 0.2) is 48.1 Å². The monoisotopic (exact) mass is 399 g/mol. The van der Waals surface area contributed by atoms with Gasteiger partial charge in [-0.3, -0.25) is 4.79 Å². The minimum atomic E-state index is 0.103. The van der Waals surface area contributed by atoms with E-state index in [0.29, 0.717) is 24.5 Å². The molecule has 1 aromatic carbocycles. The molecule has 1 saturated heterocycles. The molecule has 0 unspecified atom stereocenters. The van der Waals surface area contributed by atoms with Crippen molar-refractivity contribution in [3.8, 4) is 10.6 Å². The number of benzene rings is 1. The first-order chi connectivity index (χ1) is 13.2. The normalized spacial score (nSPS) is 14.4. The molecule has 0 saturated carbocycles. The van der Waals surface area contributed by atoms with E-state index in [4.69, 9.17) is 11.6 Å². The number of amides is 1. The first-order valence-electron chi connectivity index (χ1n) is 8.69. The number of thiazole rings is 1. The summed E-state index contributed by atoms with van der Waals surface area (Å²) in [5.74, 6) is 0.821. The van der Waals surface area contributed by atoms with Gasteiger partial charge in [-0.25, -0.2) is 15.0 Å².